The average Bonchev–Trinajstić information content (AvgIpc) is 2.55. The number of carboxylic acids is 1. The number of piperidine rings is 1. The van der Waals surface area contributed by atoms with Crippen LogP contribution in [0, 0.1) is 5.92 Å². The van der Waals surface area contributed by atoms with E-state index in [1.807, 2.05) is 11.9 Å². The van der Waals surface area contributed by atoms with Crippen LogP contribution in [0.5, 0.6) is 0 Å². The van der Waals surface area contributed by atoms with Gasteiger partial charge in [0.1, 0.15) is 0 Å². The molecule has 0 radical (unpaired) electrons. The monoisotopic (exact) mass is 170 g/mol. The third kappa shape index (κ3) is 0.716. The van der Waals surface area contributed by atoms with E-state index >= 15 is 0 Å². The molecule has 4 nitrogen and oxygen atoms in total. The van der Waals surface area contributed by atoms with Gasteiger partial charge in [-0.25, -0.2) is 4.79 Å². The summed E-state index contributed by atoms with van der Waals surface area (Å²) >= 11 is 0. The first-order valence-corrected chi connectivity index (χ1v) is 4.32. The van der Waals surface area contributed by atoms with Gasteiger partial charge in [-0.3, -0.25) is 4.90 Å². The quantitative estimate of drug-likeness (QED) is 0.574. The molecule has 12 heavy (non-hydrogen) atoms. The zero-order valence-corrected chi connectivity index (χ0v) is 7.16. The number of hydrogen-bond acceptors (Lipinski definition) is 3. The smallest absolute Gasteiger partial charge is 0.339 e. The second-order valence-corrected chi connectivity index (χ2v) is 3.91. The molecule has 3 atom stereocenters. The Balaban J connectivity index is 2.32. The third-order valence-electron chi connectivity index (χ3n) is 3.50. The first-order chi connectivity index (χ1) is 5.56. The fourth-order valence-electron chi connectivity index (χ4n) is 2.62. The number of likely N-dealkylation sites (tertiary alicyclic amines) is 1. The number of hydrogen-bond donors (Lipinski definition) is 2. The van der Waals surface area contributed by atoms with Crippen molar-refractivity contribution in [2.24, 2.45) is 11.7 Å². The number of rotatable bonds is 1. The fourth-order valence-corrected chi connectivity index (χ4v) is 2.62. The highest BCUT2D eigenvalue weighted by Crippen LogP contribution is 2.45. The van der Waals surface area contributed by atoms with Crippen molar-refractivity contribution < 1.29 is 9.90 Å². The maximum atomic E-state index is 11.0. The van der Waals surface area contributed by atoms with E-state index in [1.165, 1.54) is 0 Å². The fraction of sp³-hybridized carbons (Fsp3) is 0.875. The number of nitrogens with two attached hydrogens (primary N) is 1. The lowest BCUT2D eigenvalue weighted by atomic mass is 9.92. The molecule has 1 heterocycles. The van der Waals surface area contributed by atoms with E-state index < -0.39 is 11.6 Å². The first-order valence-electron chi connectivity index (χ1n) is 4.32. The SMILES string of the molecule is CN1C2CCC(C2)[C@@]1(N)C(=O)O. The van der Waals surface area contributed by atoms with E-state index in [-0.39, 0.29) is 5.92 Å². The van der Waals surface area contributed by atoms with E-state index in [9.17, 15) is 4.79 Å². The third-order valence-corrected chi connectivity index (χ3v) is 3.50. The number of carbonyl (C=O) groups is 1. The summed E-state index contributed by atoms with van der Waals surface area (Å²) in [6, 6.07) is 0.399. The summed E-state index contributed by atoms with van der Waals surface area (Å²) in [6.07, 6.45) is 3.03. The van der Waals surface area contributed by atoms with Gasteiger partial charge < -0.3 is 10.8 Å². The van der Waals surface area contributed by atoms with E-state index in [0.29, 0.717) is 6.04 Å². The van der Waals surface area contributed by atoms with Gasteiger partial charge in [0.25, 0.3) is 0 Å². The van der Waals surface area contributed by atoms with Gasteiger partial charge in [0.15, 0.2) is 5.66 Å². The maximum Gasteiger partial charge on any atom is 0.339 e. The molecule has 0 amide bonds. The van der Waals surface area contributed by atoms with E-state index in [1.54, 1.807) is 0 Å². The number of carboxylic acid groups (broad SMARTS) is 1. The van der Waals surface area contributed by atoms with Crippen LogP contribution in [0.15, 0.2) is 0 Å². The van der Waals surface area contributed by atoms with Crippen molar-refractivity contribution in [1.29, 1.82) is 0 Å². The van der Waals surface area contributed by atoms with E-state index in [0.717, 1.165) is 19.3 Å². The van der Waals surface area contributed by atoms with Gasteiger partial charge >= 0.3 is 5.97 Å². The molecule has 0 aromatic heterocycles. The molecule has 68 valence electrons. The molecule has 2 bridgehead atoms. The average molecular weight is 170 g/mol. The van der Waals surface area contributed by atoms with Crippen LogP contribution < -0.4 is 5.73 Å². The minimum Gasteiger partial charge on any atom is -0.479 e. The van der Waals surface area contributed by atoms with Crippen LogP contribution in [0.3, 0.4) is 0 Å². The van der Waals surface area contributed by atoms with Gasteiger partial charge in [-0.1, -0.05) is 0 Å². The van der Waals surface area contributed by atoms with Gasteiger partial charge in [0.2, 0.25) is 0 Å². The summed E-state index contributed by atoms with van der Waals surface area (Å²) in [5.41, 5.74) is 4.78. The van der Waals surface area contributed by atoms with Crippen molar-refractivity contribution in [1.82, 2.24) is 4.90 Å². The molecule has 1 aliphatic carbocycles. The van der Waals surface area contributed by atoms with Gasteiger partial charge in [-0.05, 0) is 26.3 Å². The van der Waals surface area contributed by atoms with Crippen LogP contribution in [0.1, 0.15) is 19.3 Å². The molecule has 0 spiro atoms. The van der Waals surface area contributed by atoms with Crippen molar-refractivity contribution in [3.8, 4) is 0 Å². The Morgan fingerprint density at radius 3 is 2.67 bits per heavy atom. The minimum atomic E-state index is -1.08. The van der Waals surface area contributed by atoms with Crippen LogP contribution in [0.2, 0.25) is 0 Å². The summed E-state index contributed by atoms with van der Waals surface area (Å²) in [4.78, 5) is 12.8. The van der Waals surface area contributed by atoms with Crippen LogP contribution in [0.25, 0.3) is 0 Å². The van der Waals surface area contributed by atoms with Gasteiger partial charge in [-0.2, -0.15) is 0 Å². The van der Waals surface area contributed by atoms with Gasteiger partial charge in [0, 0.05) is 12.0 Å². The van der Waals surface area contributed by atoms with Gasteiger partial charge in [0.05, 0.1) is 0 Å². The Hall–Kier alpha value is -0.610. The Labute approximate surface area is 71.3 Å². The maximum absolute atomic E-state index is 11.0. The van der Waals surface area contributed by atoms with Crippen molar-refractivity contribution in [2.45, 2.75) is 31.0 Å². The molecule has 1 saturated carbocycles. The molecule has 2 fully saturated rings. The molecule has 3 N–H and O–H groups in total. The lowest BCUT2D eigenvalue weighted by molar-refractivity contribution is -0.153. The largest absolute Gasteiger partial charge is 0.479 e. The topological polar surface area (TPSA) is 66.6 Å². The Morgan fingerprint density at radius 2 is 2.33 bits per heavy atom. The summed E-state index contributed by atoms with van der Waals surface area (Å²) < 4.78 is 0. The lowest BCUT2D eigenvalue weighted by Crippen LogP contribution is -2.63. The van der Waals surface area contributed by atoms with Gasteiger partial charge in [-0.15, -0.1) is 0 Å². The highest BCUT2D eigenvalue weighted by atomic mass is 16.4. The van der Waals surface area contributed by atoms with Crippen LogP contribution in [-0.4, -0.2) is 34.7 Å². The number of likely N-dealkylation sites (N-methyl/N-ethyl adjacent to an activating group) is 1. The van der Waals surface area contributed by atoms with Crippen molar-refractivity contribution >= 4 is 5.97 Å². The Morgan fingerprint density at radius 1 is 1.67 bits per heavy atom. The van der Waals surface area contributed by atoms with E-state index in [4.69, 9.17) is 10.8 Å². The molecule has 1 aliphatic heterocycles. The highest BCUT2D eigenvalue weighted by molar-refractivity contribution is 5.79. The summed E-state index contributed by atoms with van der Waals surface area (Å²) in [5, 5.41) is 9.00. The summed E-state index contributed by atoms with van der Waals surface area (Å²) in [6.45, 7) is 0. The van der Waals surface area contributed by atoms with Crippen LogP contribution >= 0.6 is 0 Å². The second kappa shape index (κ2) is 2.20. The Bertz CT molecular complexity index is 227. The molecular weight excluding hydrogens is 156 g/mol. The zero-order valence-electron chi connectivity index (χ0n) is 7.16. The van der Waals surface area contributed by atoms with Crippen molar-refractivity contribution in [3.05, 3.63) is 0 Å². The normalized spacial score (nSPS) is 46.8. The predicted molar refractivity (Wildman–Crippen MR) is 43.4 cm³/mol. The number of fused-ring (bicyclic) bond motifs is 2. The molecule has 2 unspecified atom stereocenters. The molecule has 1 saturated heterocycles. The molecule has 0 aromatic rings. The van der Waals surface area contributed by atoms with Crippen LogP contribution in [-0.2, 0) is 4.79 Å². The van der Waals surface area contributed by atoms with Crippen LogP contribution in [0.4, 0.5) is 0 Å². The lowest BCUT2D eigenvalue weighted by Gasteiger charge is -2.37. The molecule has 2 rings (SSSR count). The standard InChI is InChI=1S/C8H14N2O2/c1-10-6-3-2-5(4-6)8(10,9)7(11)12/h5-6H,2-4,9H2,1H3,(H,11,12)/t5?,6?,8-/m0/s1. The molecule has 0 aromatic carbocycles. The molecule has 4 heteroatoms. The van der Waals surface area contributed by atoms with Crippen molar-refractivity contribution in [2.75, 3.05) is 7.05 Å². The van der Waals surface area contributed by atoms with E-state index in [2.05, 4.69) is 0 Å². The summed E-state index contributed by atoms with van der Waals surface area (Å²) in [5.74, 6) is -0.720. The number of nitrogens with zero attached hydrogens (tertiary/aromatic N) is 1. The predicted octanol–water partition coefficient (Wildman–Crippen LogP) is -0.160. The van der Waals surface area contributed by atoms with Crippen molar-refractivity contribution in [3.63, 3.8) is 0 Å². The molecule has 2 aliphatic rings. The summed E-state index contributed by atoms with van der Waals surface area (Å²) in [7, 11) is 1.82. The number of aliphatic carboxylic acids is 1. The minimum absolute atomic E-state index is 0.157. The zero-order chi connectivity index (χ0) is 8.93. The highest BCUT2D eigenvalue weighted by Gasteiger charge is 2.57. The first kappa shape index (κ1) is 8.01. The second-order valence-electron chi connectivity index (χ2n) is 3.91. The molecular formula is C8H14N2O2. The Kier molecular flexibility index (Phi) is 1.47.